The maximum atomic E-state index is 11.2. The van der Waals surface area contributed by atoms with Crippen LogP contribution in [-0.4, -0.2) is 42.8 Å². The zero-order valence-electron chi connectivity index (χ0n) is 14.1. The van der Waals surface area contributed by atoms with E-state index in [1.54, 1.807) is 12.1 Å². The Morgan fingerprint density at radius 2 is 1.88 bits per heavy atom. The molecule has 0 unspecified atom stereocenters. The molecule has 0 amide bonds. The Morgan fingerprint density at radius 3 is 2.65 bits per heavy atom. The van der Waals surface area contributed by atoms with E-state index in [4.69, 9.17) is 21.1 Å². The van der Waals surface area contributed by atoms with Gasteiger partial charge in [-0.3, -0.25) is 15.0 Å². The first-order valence-corrected chi connectivity index (χ1v) is 8.78. The lowest BCUT2D eigenvalue weighted by molar-refractivity contribution is -0.384. The van der Waals surface area contributed by atoms with Gasteiger partial charge in [0.1, 0.15) is 5.69 Å². The van der Waals surface area contributed by atoms with Crippen molar-refractivity contribution in [2.75, 3.05) is 37.9 Å². The summed E-state index contributed by atoms with van der Waals surface area (Å²) >= 11 is 6.25. The molecular weight excluding hydrogens is 358 g/mol. The van der Waals surface area contributed by atoms with Crippen LogP contribution in [0.1, 0.15) is 5.56 Å². The van der Waals surface area contributed by atoms with Crippen molar-refractivity contribution < 1.29 is 14.4 Å². The summed E-state index contributed by atoms with van der Waals surface area (Å²) in [6.45, 7) is 4.07. The van der Waals surface area contributed by atoms with Gasteiger partial charge in [0.25, 0.3) is 5.69 Å². The van der Waals surface area contributed by atoms with Gasteiger partial charge in [-0.15, -0.1) is 0 Å². The number of hydrogen-bond acceptors (Lipinski definition) is 6. The van der Waals surface area contributed by atoms with Crippen LogP contribution in [0.3, 0.4) is 0 Å². The lowest BCUT2D eigenvalue weighted by Crippen LogP contribution is -2.46. The minimum absolute atomic E-state index is 0.156. The number of piperazine rings is 1. The Hall–Kier alpha value is -2.51. The second-order valence-corrected chi connectivity index (χ2v) is 6.73. The topological polar surface area (TPSA) is 68.1 Å². The first kappa shape index (κ1) is 16.9. The highest BCUT2D eigenvalue weighted by molar-refractivity contribution is 6.32. The highest BCUT2D eigenvalue weighted by Gasteiger charge is 2.24. The van der Waals surface area contributed by atoms with Gasteiger partial charge in [0.05, 0.1) is 9.95 Å². The SMILES string of the molecule is O=[N+]([O-])c1ccccc1N1CCN(Cc2cc(Cl)c3c(c2)OCO3)CC1. The Balaban J connectivity index is 1.42. The number of nitro groups is 1. The van der Waals surface area contributed by atoms with E-state index in [2.05, 4.69) is 9.80 Å². The Labute approximate surface area is 155 Å². The van der Waals surface area contributed by atoms with Crippen molar-refractivity contribution in [3.8, 4) is 11.5 Å². The second-order valence-electron chi connectivity index (χ2n) is 6.32. The fraction of sp³-hybridized carbons (Fsp3) is 0.333. The molecule has 0 aliphatic carbocycles. The highest BCUT2D eigenvalue weighted by Crippen LogP contribution is 2.40. The van der Waals surface area contributed by atoms with Gasteiger partial charge in [-0.05, 0) is 23.8 Å². The van der Waals surface area contributed by atoms with Gasteiger partial charge in [-0.25, -0.2) is 0 Å². The smallest absolute Gasteiger partial charge is 0.292 e. The number of para-hydroxylation sites is 2. The monoisotopic (exact) mass is 375 g/mol. The van der Waals surface area contributed by atoms with Crippen LogP contribution in [-0.2, 0) is 6.54 Å². The molecule has 26 heavy (non-hydrogen) atoms. The van der Waals surface area contributed by atoms with E-state index >= 15 is 0 Å². The molecule has 2 aliphatic rings. The number of ether oxygens (including phenoxy) is 2. The quantitative estimate of drug-likeness (QED) is 0.603. The van der Waals surface area contributed by atoms with Crippen molar-refractivity contribution in [3.05, 3.63) is 57.1 Å². The first-order valence-electron chi connectivity index (χ1n) is 8.40. The zero-order valence-corrected chi connectivity index (χ0v) is 14.8. The van der Waals surface area contributed by atoms with Crippen molar-refractivity contribution in [1.82, 2.24) is 4.90 Å². The summed E-state index contributed by atoms with van der Waals surface area (Å²) in [5, 5.41) is 11.8. The summed E-state index contributed by atoms with van der Waals surface area (Å²) in [6, 6.07) is 10.8. The third kappa shape index (κ3) is 3.27. The lowest BCUT2D eigenvalue weighted by Gasteiger charge is -2.35. The molecule has 0 radical (unpaired) electrons. The van der Waals surface area contributed by atoms with Crippen molar-refractivity contribution in [2.45, 2.75) is 6.54 Å². The van der Waals surface area contributed by atoms with E-state index < -0.39 is 0 Å². The van der Waals surface area contributed by atoms with Crippen molar-refractivity contribution in [3.63, 3.8) is 0 Å². The Morgan fingerprint density at radius 1 is 1.12 bits per heavy atom. The molecule has 0 bridgehead atoms. The van der Waals surface area contributed by atoms with Gasteiger partial charge in [-0.2, -0.15) is 0 Å². The summed E-state index contributed by atoms with van der Waals surface area (Å²) < 4.78 is 10.8. The number of benzene rings is 2. The predicted molar refractivity (Wildman–Crippen MR) is 98.2 cm³/mol. The second kappa shape index (κ2) is 7.01. The predicted octanol–water partition coefficient (Wildman–Crippen LogP) is 3.30. The van der Waals surface area contributed by atoms with Crippen molar-refractivity contribution in [2.24, 2.45) is 0 Å². The minimum atomic E-state index is -0.323. The Bertz CT molecular complexity index is 837. The maximum absolute atomic E-state index is 11.2. The van der Waals surface area contributed by atoms with Crippen LogP contribution >= 0.6 is 11.6 Å². The molecule has 8 heteroatoms. The number of halogens is 1. The molecular formula is C18H18ClN3O4. The molecule has 1 saturated heterocycles. The molecule has 0 saturated carbocycles. The third-order valence-corrected chi connectivity index (χ3v) is 4.97. The van der Waals surface area contributed by atoms with Crippen LogP contribution in [0.15, 0.2) is 36.4 Å². The molecule has 2 aromatic rings. The van der Waals surface area contributed by atoms with Gasteiger partial charge in [0.2, 0.25) is 6.79 Å². The zero-order chi connectivity index (χ0) is 18.1. The normalized spacial score (nSPS) is 16.7. The van der Waals surface area contributed by atoms with Crippen molar-refractivity contribution >= 4 is 23.0 Å². The van der Waals surface area contributed by atoms with E-state index in [9.17, 15) is 10.1 Å². The van der Waals surface area contributed by atoms with Crippen LogP contribution < -0.4 is 14.4 Å². The van der Waals surface area contributed by atoms with Crippen LogP contribution in [0.2, 0.25) is 5.02 Å². The molecule has 2 heterocycles. The van der Waals surface area contributed by atoms with Crippen molar-refractivity contribution in [1.29, 1.82) is 0 Å². The summed E-state index contributed by atoms with van der Waals surface area (Å²) in [6.07, 6.45) is 0. The fourth-order valence-corrected chi connectivity index (χ4v) is 3.69. The molecule has 2 aromatic carbocycles. The minimum Gasteiger partial charge on any atom is -0.454 e. The van der Waals surface area contributed by atoms with E-state index in [-0.39, 0.29) is 17.4 Å². The molecule has 2 aliphatic heterocycles. The molecule has 1 fully saturated rings. The summed E-state index contributed by atoms with van der Waals surface area (Å²) in [5.74, 6) is 1.29. The van der Waals surface area contributed by atoms with Gasteiger partial charge in [0.15, 0.2) is 11.5 Å². The largest absolute Gasteiger partial charge is 0.454 e. The number of nitrogens with zero attached hydrogens (tertiary/aromatic N) is 3. The summed E-state index contributed by atoms with van der Waals surface area (Å²) in [5.41, 5.74) is 1.91. The molecule has 7 nitrogen and oxygen atoms in total. The molecule has 136 valence electrons. The van der Waals surface area contributed by atoms with E-state index in [1.807, 2.05) is 24.3 Å². The maximum Gasteiger partial charge on any atom is 0.292 e. The third-order valence-electron chi connectivity index (χ3n) is 4.68. The molecule has 4 rings (SSSR count). The standard InChI is InChI=1S/C18H18ClN3O4/c19-14-9-13(10-17-18(14)26-12-25-17)11-20-5-7-21(8-6-20)15-3-1-2-4-16(15)22(23)24/h1-4,9-10H,5-8,11-12H2. The number of rotatable bonds is 4. The van der Waals surface area contributed by atoms with E-state index in [1.165, 1.54) is 0 Å². The summed E-state index contributed by atoms with van der Waals surface area (Å²) in [7, 11) is 0. The lowest BCUT2D eigenvalue weighted by atomic mass is 10.1. The van der Waals surface area contributed by atoms with Crippen LogP contribution in [0, 0.1) is 10.1 Å². The molecule has 0 N–H and O–H groups in total. The number of hydrogen-bond donors (Lipinski definition) is 0. The summed E-state index contributed by atoms with van der Waals surface area (Å²) in [4.78, 5) is 15.3. The average Bonchev–Trinajstić information content (AvgIpc) is 3.11. The highest BCUT2D eigenvalue weighted by atomic mass is 35.5. The Kier molecular flexibility index (Phi) is 4.57. The average molecular weight is 376 g/mol. The van der Waals surface area contributed by atoms with Gasteiger partial charge >= 0.3 is 0 Å². The molecule has 0 aromatic heterocycles. The number of nitro benzene ring substituents is 1. The van der Waals surface area contributed by atoms with Crippen LogP contribution in [0.5, 0.6) is 11.5 Å². The van der Waals surface area contributed by atoms with Gasteiger partial charge < -0.3 is 14.4 Å². The van der Waals surface area contributed by atoms with E-state index in [0.717, 1.165) is 38.3 Å². The molecule has 0 spiro atoms. The fourth-order valence-electron chi connectivity index (χ4n) is 3.40. The first-order chi connectivity index (χ1) is 12.6. The van der Waals surface area contributed by atoms with Gasteiger partial charge in [0, 0.05) is 38.8 Å². The van der Waals surface area contributed by atoms with Gasteiger partial charge in [-0.1, -0.05) is 23.7 Å². The number of anilines is 1. The van der Waals surface area contributed by atoms with E-state index in [0.29, 0.717) is 22.2 Å². The van der Waals surface area contributed by atoms with Crippen LogP contribution in [0.4, 0.5) is 11.4 Å². The number of fused-ring (bicyclic) bond motifs is 1. The van der Waals surface area contributed by atoms with Crippen LogP contribution in [0.25, 0.3) is 0 Å². The molecule has 0 atom stereocenters.